The topological polar surface area (TPSA) is 9.23 Å². The van der Waals surface area contributed by atoms with Gasteiger partial charge >= 0.3 is 0 Å². The normalized spacial score (nSPS) is 11.2. The van der Waals surface area contributed by atoms with Gasteiger partial charge < -0.3 is 4.43 Å². The van der Waals surface area contributed by atoms with Gasteiger partial charge in [-0.1, -0.05) is 73.3 Å². The zero-order chi connectivity index (χ0) is 18.6. The molecule has 0 saturated heterocycles. The highest BCUT2D eigenvalue weighted by Gasteiger charge is 2.27. The zero-order valence-corrected chi connectivity index (χ0v) is 16.8. The lowest BCUT2D eigenvalue weighted by atomic mass is 9.99. The number of para-hydroxylation sites is 1. The van der Waals surface area contributed by atoms with E-state index in [0.29, 0.717) is 0 Å². The summed E-state index contributed by atoms with van der Waals surface area (Å²) in [6.07, 6.45) is 2.84. The first-order chi connectivity index (χ1) is 12.5. The van der Waals surface area contributed by atoms with Crippen molar-refractivity contribution in [1.82, 2.24) is 0 Å². The minimum Gasteiger partial charge on any atom is -0.540 e. The monoisotopic (exact) mass is 358 g/mol. The van der Waals surface area contributed by atoms with Crippen molar-refractivity contribution in [3.63, 3.8) is 0 Å². The van der Waals surface area contributed by atoms with E-state index in [1.165, 1.54) is 27.4 Å². The zero-order valence-electron chi connectivity index (χ0n) is 15.8. The molecule has 3 rings (SSSR count). The maximum absolute atomic E-state index is 6.32. The van der Waals surface area contributed by atoms with E-state index in [2.05, 4.69) is 69.1 Å². The molecule has 0 aliphatic heterocycles. The molecule has 0 heterocycles. The van der Waals surface area contributed by atoms with Gasteiger partial charge in [-0.25, -0.2) is 0 Å². The van der Waals surface area contributed by atoms with Crippen LogP contribution in [0.2, 0.25) is 13.1 Å². The summed E-state index contributed by atoms with van der Waals surface area (Å²) in [6, 6.07) is 25.6. The van der Waals surface area contributed by atoms with Crippen LogP contribution in [0.3, 0.4) is 0 Å². The number of aryl methyl sites for hydroxylation is 1. The van der Waals surface area contributed by atoms with Crippen molar-refractivity contribution in [2.45, 2.75) is 26.4 Å². The second-order valence-electron chi connectivity index (χ2n) is 7.19. The first kappa shape index (κ1) is 18.2. The quantitative estimate of drug-likeness (QED) is 0.512. The molecular formula is C24H26OSi. The molecule has 0 spiro atoms. The van der Waals surface area contributed by atoms with E-state index in [4.69, 9.17) is 4.43 Å². The second-order valence-corrected chi connectivity index (χ2v) is 11.0. The summed E-state index contributed by atoms with van der Waals surface area (Å²) in [5.41, 5.74) is 5.18. The summed E-state index contributed by atoms with van der Waals surface area (Å²) in [4.78, 5) is 0. The Morgan fingerprint density at radius 1 is 0.923 bits per heavy atom. The number of hydrogen-bond donors (Lipinski definition) is 0. The van der Waals surface area contributed by atoms with Crippen LogP contribution in [0.4, 0.5) is 0 Å². The van der Waals surface area contributed by atoms with Crippen LogP contribution in [0.25, 0.3) is 6.08 Å². The smallest absolute Gasteiger partial charge is 0.276 e. The Hall–Kier alpha value is -2.58. The Kier molecular flexibility index (Phi) is 5.43. The SMILES string of the molecule is C=Cc1ccc(Cc2ccc([Si](C)(C)Oc3ccccc3)cc2)c(C)c1. The van der Waals surface area contributed by atoms with E-state index < -0.39 is 8.32 Å². The van der Waals surface area contributed by atoms with Crippen molar-refractivity contribution in [2.75, 3.05) is 0 Å². The van der Waals surface area contributed by atoms with Gasteiger partial charge in [0.15, 0.2) is 0 Å². The molecular weight excluding hydrogens is 332 g/mol. The Balaban J connectivity index is 1.74. The Bertz CT molecular complexity index is 880. The molecule has 0 unspecified atom stereocenters. The Morgan fingerprint density at radius 3 is 2.23 bits per heavy atom. The second kappa shape index (κ2) is 7.75. The lowest BCUT2D eigenvalue weighted by Crippen LogP contribution is -2.47. The van der Waals surface area contributed by atoms with Crippen molar-refractivity contribution in [3.05, 3.63) is 102 Å². The minimum absolute atomic E-state index is 0.949. The van der Waals surface area contributed by atoms with E-state index in [9.17, 15) is 0 Å². The van der Waals surface area contributed by atoms with Gasteiger partial charge in [-0.3, -0.25) is 0 Å². The van der Waals surface area contributed by atoms with E-state index in [-0.39, 0.29) is 0 Å². The summed E-state index contributed by atoms with van der Waals surface area (Å²) in [6.45, 7) is 10.5. The molecule has 0 aromatic heterocycles. The van der Waals surface area contributed by atoms with E-state index in [0.717, 1.165) is 12.2 Å². The maximum atomic E-state index is 6.32. The maximum Gasteiger partial charge on any atom is 0.276 e. The Labute approximate surface area is 158 Å². The molecule has 2 heteroatoms. The minimum atomic E-state index is -1.97. The van der Waals surface area contributed by atoms with E-state index >= 15 is 0 Å². The van der Waals surface area contributed by atoms with Gasteiger partial charge in [-0.15, -0.1) is 0 Å². The van der Waals surface area contributed by atoms with Crippen LogP contribution in [0.1, 0.15) is 22.3 Å². The van der Waals surface area contributed by atoms with Crippen molar-refractivity contribution in [1.29, 1.82) is 0 Å². The summed E-state index contributed by atoms with van der Waals surface area (Å²) >= 11 is 0. The molecule has 0 N–H and O–H groups in total. The molecule has 0 atom stereocenters. The average molecular weight is 359 g/mol. The van der Waals surface area contributed by atoms with Crippen molar-refractivity contribution >= 4 is 19.6 Å². The van der Waals surface area contributed by atoms with Crippen molar-refractivity contribution < 1.29 is 4.43 Å². The van der Waals surface area contributed by atoms with Crippen LogP contribution >= 0.6 is 0 Å². The fourth-order valence-corrected chi connectivity index (χ4v) is 4.94. The number of hydrogen-bond acceptors (Lipinski definition) is 1. The molecule has 0 fully saturated rings. The van der Waals surface area contributed by atoms with Crippen LogP contribution in [0.5, 0.6) is 5.75 Å². The molecule has 1 nitrogen and oxygen atoms in total. The fourth-order valence-electron chi connectivity index (χ4n) is 3.13. The van der Waals surface area contributed by atoms with Gasteiger partial charge in [0.1, 0.15) is 5.75 Å². The molecule has 0 radical (unpaired) electrons. The summed E-state index contributed by atoms with van der Waals surface area (Å²) in [5, 5.41) is 1.31. The van der Waals surface area contributed by atoms with Gasteiger partial charge in [0.05, 0.1) is 0 Å². The van der Waals surface area contributed by atoms with Crippen LogP contribution in [0, 0.1) is 6.92 Å². The molecule has 26 heavy (non-hydrogen) atoms. The summed E-state index contributed by atoms with van der Waals surface area (Å²) in [5.74, 6) is 0.950. The lowest BCUT2D eigenvalue weighted by Gasteiger charge is -2.24. The van der Waals surface area contributed by atoms with Gasteiger partial charge in [-0.05, 0) is 66.0 Å². The molecule has 3 aromatic rings. The van der Waals surface area contributed by atoms with E-state index in [1.54, 1.807) is 0 Å². The van der Waals surface area contributed by atoms with Crippen LogP contribution in [0.15, 0.2) is 79.4 Å². The third-order valence-corrected chi connectivity index (χ3v) is 7.23. The van der Waals surface area contributed by atoms with Gasteiger partial charge in [0.25, 0.3) is 8.32 Å². The van der Waals surface area contributed by atoms with Crippen molar-refractivity contribution in [3.8, 4) is 5.75 Å². The van der Waals surface area contributed by atoms with Crippen LogP contribution in [-0.4, -0.2) is 8.32 Å². The number of rotatable bonds is 6. The first-order valence-corrected chi connectivity index (χ1v) is 11.9. The lowest BCUT2D eigenvalue weighted by molar-refractivity contribution is 0.564. The Morgan fingerprint density at radius 2 is 1.62 bits per heavy atom. The van der Waals surface area contributed by atoms with Gasteiger partial charge in [0, 0.05) is 0 Å². The predicted octanol–water partition coefficient (Wildman–Crippen LogP) is 5.72. The first-order valence-electron chi connectivity index (χ1n) is 9.03. The van der Waals surface area contributed by atoms with Crippen molar-refractivity contribution in [2.24, 2.45) is 0 Å². The number of benzene rings is 3. The molecule has 0 bridgehead atoms. The highest BCUT2D eigenvalue weighted by molar-refractivity contribution is 6.84. The largest absolute Gasteiger partial charge is 0.540 e. The summed E-state index contributed by atoms with van der Waals surface area (Å²) in [7, 11) is -1.97. The third-order valence-electron chi connectivity index (χ3n) is 4.76. The average Bonchev–Trinajstić information content (AvgIpc) is 2.64. The highest BCUT2D eigenvalue weighted by Crippen LogP contribution is 2.18. The van der Waals surface area contributed by atoms with E-state index in [1.807, 2.05) is 36.4 Å². The molecule has 132 valence electrons. The fraction of sp³-hybridized carbons (Fsp3) is 0.167. The standard InChI is InChI=1S/C24H26OSi/c1-5-20-11-14-22(19(2)17-20)18-21-12-15-24(16-13-21)26(3,4)25-23-9-7-6-8-10-23/h5-17H,1,18H2,2-4H3. The summed E-state index contributed by atoms with van der Waals surface area (Å²) < 4.78 is 6.32. The molecule has 3 aromatic carbocycles. The molecule has 0 amide bonds. The molecule has 0 aliphatic rings. The molecule has 0 saturated carbocycles. The van der Waals surface area contributed by atoms with Gasteiger partial charge in [-0.2, -0.15) is 0 Å². The highest BCUT2D eigenvalue weighted by atomic mass is 28.4. The molecule has 0 aliphatic carbocycles. The third kappa shape index (κ3) is 4.33. The van der Waals surface area contributed by atoms with Crippen LogP contribution in [-0.2, 0) is 6.42 Å². The van der Waals surface area contributed by atoms with Gasteiger partial charge in [0.2, 0.25) is 0 Å². The van der Waals surface area contributed by atoms with Crippen LogP contribution < -0.4 is 9.61 Å². The predicted molar refractivity (Wildman–Crippen MR) is 115 cm³/mol.